The standard InChI is InChI=1S/C18H14N8O4S/c1-11(27)19-13-3-2-4-15(9-13)25-18(22-23-24-25)31-10-16-20-21-17(30-16)12-5-7-14(8-6-12)26(28)29/h2-9H,10H2,1H3,(H,19,27). The van der Waals surface area contributed by atoms with Gasteiger partial charge in [0.2, 0.25) is 22.8 Å². The van der Waals surface area contributed by atoms with Gasteiger partial charge in [0.15, 0.2) is 0 Å². The largest absolute Gasteiger partial charge is 0.420 e. The number of carbonyl (C=O) groups is 1. The molecule has 2 aromatic carbocycles. The van der Waals surface area contributed by atoms with Crippen molar-refractivity contribution >= 4 is 29.0 Å². The zero-order valence-corrected chi connectivity index (χ0v) is 16.8. The third-order valence-corrected chi connectivity index (χ3v) is 4.87. The SMILES string of the molecule is CC(=O)Nc1cccc(-n2nnnc2SCc2nnc(-c3ccc([N+](=O)[O-])cc3)o2)c1. The lowest BCUT2D eigenvalue weighted by Crippen LogP contribution is -2.07. The molecule has 0 aliphatic heterocycles. The molecule has 0 saturated heterocycles. The smallest absolute Gasteiger partial charge is 0.269 e. The summed E-state index contributed by atoms with van der Waals surface area (Å²) in [4.78, 5) is 21.6. The van der Waals surface area contributed by atoms with Gasteiger partial charge in [0.1, 0.15) is 0 Å². The summed E-state index contributed by atoms with van der Waals surface area (Å²) in [5, 5.41) is 33.7. The summed E-state index contributed by atoms with van der Waals surface area (Å²) in [5.74, 6) is 0.739. The predicted molar refractivity (Wildman–Crippen MR) is 109 cm³/mol. The third kappa shape index (κ3) is 4.72. The Bertz CT molecular complexity index is 1240. The molecule has 1 N–H and O–H groups in total. The molecule has 31 heavy (non-hydrogen) atoms. The Morgan fingerprint density at radius 2 is 2.00 bits per heavy atom. The topological polar surface area (TPSA) is 155 Å². The van der Waals surface area contributed by atoms with E-state index in [0.29, 0.717) is 33.7 Å². The average Bonchev–Trinajstić information content (AvgIpc) is 3.41. The van der Waals surface area contributed by atoms with Gasteiger partial charge in [-0.3, -0.25) is 14.9 Å². The second-order valence-electron chi connectivity index (χ2n) is 6.20. The van der Waals surface area contributed by atoms with Crippen LogP contribution in [-0.2, 0) is 10.5 Å². The number of hydrogen-bond acceptors (Lipinski definition) is 10. The van der Waals surface area contributed by atoms with E-state index in [0.717, 1.165) is 0 Å². The van der Waals surface area contributed by atoms with Crippen molar-refractivity contribution in [1.29, 1.82) is 0 Å². The summed E-state index contributed by atoms with van der Waals surface area (Å²) in [7, 11) is 0. The van der Waals surface area contributed by atoms with Crippen LogP contribution in [0.4, 0.5) is 11.4 Å². The number of benzene rings is 2. The summed E-state index contributed by atoms with van der Waals surface area (Å²) in [6, 6.07) is 12.9. The van der Waals surface area contributed by atoms with E-state index in [1.807, 2.05) is 6.07 Å². The van der Waals surface area contributed by atoms with Crippen LogP contribution < -0.4 is 5.32 Å². The summed E-state index contributed by atoms with van der Waals surface area (Å²) in [5.41, 5.74) is 1.86. The van der Waals surface area contributed by atoms with Gasteiger partial charge in [0, 0.05) is 30.3 Å². The first-order valence-corrected chi connectivity index (χ1v) is 9.84. The number of nitrogens with one attached hydrogen (secondary N) is 1. The molecule has 4 rings (SSSR count). The fraction of sp³-hybridized carbons (Fsp3) is 0.111. The molecule has 2 aromatic heterocycles. The molecule has 0 fully saturated rings. The Kier molecular flexibility index (Phi) is 5.66. The first-order valence-electron chi connectivity index (χ1n) is 8.86. The fourth-order valence-corrected chi connectivity index (χ4v) is 3.36. The molecule has 1 amide bonds. The van der Waals surface area contributed by atoms with Crippen molar-refractivity contribution in [2.75, 3.05) is 5.32 Å². The molecule has 0 saturated carbocycles. The zero-order chi connectivity index (χ0) is 21.8. The molecule has 13 heteroatoms. The summed E-state index contributed by atoms with van der Waals surface area (Å²) < 4.78 is 7.17. The van der Waals surface area contributed by atoms with Gasteiger partial charge in [0.25, 0.3) is 5.69 Å². The fourth-order valence-electron chi connectivity index (χ4n) is 2.63. The van der Waals surface area contributed by atoms with Gasteiger partial charge in [-0.2, -0.15) is 4.68 Å². The lowest BCUT2D eigenvalue weighted by molar-refractivity contribution is -0.384. The Balaban J connectivity index is 1.46. The third-order valence-electron chi connectivity index (χ3n) is 3.97. The highest BCUT2D eigenvalue weighted by Gasteiger charge is 2.14. The molecular formula is C18H14N8O4S. The highest BCUT2D eigenvalue weighted by Crippen LogP contribution is 2.26. The number of rotatable bonds is 7. The van der Waals surface area contributed by atoms with E-state index in [1.165, 1.54) is 35.5 Å². The molecule has 0 spiro atoms. The number of hydrogen-bond donors (Lipinski definition) is 1. The van der Waals surface area contributed by atoms with E-state index < -0.39 is 4.92 Å². The predicted octanol–water partition coefficient (Wildman–Crippen LogP) is 2.87. The van der Waals surface area contributed by atoms with Crippen LogP contribution in [0.25, 0.3) is 17.1 Å². The van der Waals surface area contributed by atoms with Crippen molar-refractivity contribution in [2.45, 2.75) is 17.8 Å². The summed E-state index contributed by atoms with van der Waals surface area (Å²) >= 11 is 1.29. The van der Waals surface area contributed by atoms with Crippen LogP contribution in [0.2, 0.25) is 0 Å². The molecule has 12 nitrogen and oxygen atoms in total. The number of nitro benzene ring substituents is 1. The number of anilines is 1. The van der Waals surface area contributed by atoms with Gasteiger partial charge in [-0.05, 0) is 40.8 Å². The number of amides is 1. The molecule has 4 aromatic rings. The normalized spacial score (nSPS) is 10.7. The van der Waals surface area contributed by atoms with E-state index in [2.05, 4.69) is 31.0 Å². The molecule has 2 heterocycles. The number of aromatic nitrogens is 6. The van der Waals surface area contributed by atoms with Crippen LogP contribution >= 0.6 is 11.8 Å². The lowest BCUT2D eigenvalue weighted by atomic mass is 10.2. The maximum atomic E-state index is 11.3. The zero-order valence-electron chi connectivity index (χ0n) is 16.0. The van der Waals surface area contributed by atoms with Gasteiger partial charge >= 0.3 is 0 Å². The van der Waals surface area contributed by atoms with Crippen LogP contribution in [0.5, 0.6) is 0 Å². The van der Waals surface area contributed by atoms with Crippen LogP contribution in [0.15, 0.2) is 58.1 Å². The Morgan fingerprint density at radius 1 is 1.19 bits per heavy atom. The first-order chi connectivity index (χ1) is 15.0. The number of carbonyl (C=O) groups excluding carboxylic acids is 1. The van der Waals surface area contributed by atoms with Crippen molar-refractivity contribution in [3.05, 3.63) is 64.5 Å². The number of nitro groups is 1. The molecule has 0 aliphatic carbocycles. The number of thioether (sulfide) groups is 1. The number of non-ortho nitro benzene ring substituents is 1. The molecular weight excluding hydrogens is 424 g/mol. The van der Waals surface area contributed by atoms with Gasteiger partial charge in [-0.25, -0.2) is 0 Å². The molecule has 0 aliphatic rings. The van der Waals surface area contributed by atoms with Gasteiger partial charge in [-0.15, -0.1) is 15.3 Å². The molecule has 0 radical (unpaired) electrons. The summed E-state index contributed by atoms with van der Waals surface area (Å²) in [6.07, 6.45) is 0. The Labute approximate surface area is 178 Å². The Morgan fingerprint density at radius 3 is 2.74 bits per heavy atom. The van der Waals surface area contributed by atoms with Crippen molar-refractivity contribution < 1.29 is 14.1 Å². The molecule has 0 unspecified atom stereocenters. The van der Waals surface area contributed by atoms with Crippen molar-refractivity contribution in [3.8, 4) is 17.1 Å². The van der Waals surface area contributed by atoms with Crippen LogP contribution in [0.1, 0.15) is 12.8 Å². The van der Waals surface area contributed by atoms with E-state index in [9.17, 15) is 14.9 Å². The highest BCUT2D eigenvalue weighted by molar-refractivity contribution is 7.98. The van der Waals surface area contributed by atoms with Crippen LogP contribution in [0.3, 0.4) is 0 Å². The lowest BCUT2D eigenvalue weighted by Gasteiger charge is -2.06. The number of tetrazole rings is 1. The first kappa shape index (κ1) is 20.2. The van der Waals surface area contributed by atoms with E-state index >= 15 is 0 Å². The quantitative estimate of drug-likeness (QED) is 0.259. The second-order valence-corrected chi connectivity index (χ2v) is 7.14. The van der Waals surface area contributed by atoms with Gasteiger partial charge in [-0.1, -0.05) is 17.8 Å². The molecule has 0 bridgehead atoms. The minimum absolute atomic E-state index is 0.0200. The molecule has 0 atom stereocenters. The minimum atomic E-state index is -0.476. The van der Waals surface area contributed by atoms with E-state index in [1.54, 1.807) is 30.3 Å². The average molecular weight is 438 g/mol. The van der Waals surface area contributed by atoms with E-state index in [4.69, 9.17) is 4.42 Å². The Hall–Kier alpha value is -4.13. The van der Waals surface area contributed by atoms with Crippen molar-refractivity contribution in [1.82, 2.24) is 30.4 Å². The second kappa shape index (κ2) is 8.71. The maximum Gasteiger partial charge on any atom is 0.269 e. The van der Waals surface area contributed by atoms with Gasteiger partial charge < -0.3 is 9.73 Å². The maximum absolute atomic E-state index is 11.3. The van der Waals surface area contributed by atoms with Crippen LogP contribution in [-0.4, -0.2) is 41.2 Å². The van der Waals surface area contributed by atoms with Gasteiger partial charge in [0.05, 0.1) is 16.4 Å². The molecule has 156 valence electrons. The van der Waals surface area contributed by atoms with Crippen molar-refractivity contribution in [2.24, 2.45) is 0 Å². The highest BCUT2D eigenvalue weighted by atomic mass is 32.2. The minimum Gasteiger partial charge on any atom is -0.420 e. The monoisotopic (exact) mass is 438 g/mol. The van der Waals surface area contributed by atoms with Crippen LogP contribution in [0, 0.1) is 10.1 Å². The van der Waals surface area contributed by atoms with Crippen molar-refractivity contribution in [3.63, 3.8) is 0 Å². The summed E-state index contributed by atoms with van der Waals surface area (Å²) in [6.45, 7) is 1.43. The number of nitrogens with zero attached hydrogens (tertiary/aromatic N) is 7. The van der Waals surface area contributed by atoms with E-state index in [-0.39, 0.29) is 17.5 Å².